The number of hydrogen-bond donors (Lipinski definition) is 2. The lowest BCUT2D eigenvalue weighted by atomic mass is 9.75. The Kier molecular flexibility index (Phi) is 3.78. The Bertz CT molecular complexity index is 862. The Hall–Kier alpha value is -1.97. The molecule has 2 aromatic carbocycles. The summed E-state index contributed by atoms with van der Waals surface area (Å²) < 4.78 is 0. The van der Waals surface area contributed by atoms with Gasteiger partial charge in [0.2, 0.25) is 0 Å². The Morgan fingerprint density at radius 2 is 2.04 bits per heavy atom. The van der Waals surface area contributed by atoms with Crippen molar-refractivity contribution in [2.24, 2.45) is 5.92 Å². The molecule has 0 aromatic heterocycles. The van der Waals surface area contributed by atoms with Gasteiger partial charge >= 0.3 is 5.97 Å². The average molecular weight is 360 g/mol. The van der Waals surface area contributed by atoms with E-state index < -0.39 is 5.97 Å². The minimum absolute atomic E-state index is 0.0371. The first-order valence-corrected chi connectivity index (χ1v) is 8.56. The van der Waals surface area contributed by atoms with Crippen molar-refractivity contribution in [2.45, 2.75) is 18.4 Å². The van der Waals surface area contributed by atoms with Crippen LogP contribution in [0.1, 0.15) is 39.9 Å². The van der Waals surface area contributed by atoms with Gasteiger partial charge in [-0.2, -0.15) is 0 Å². The third-order valence-electron chi connectivity index (χ3n) is 4.91. The van der Waals surface area contributed by atoms with Gasteiger partial charge in [-0.3, -0.25) is 0 Å². The maximum Gasteiger partial charge on any atom is 0.336 e. The van der Waals surface area contributed by atoms with Crippen LogP contribution in [-0.4, -0.2) is 11.1 Å². The maximum absolute atomic E-state index is 11.7. The van der Waals surface area contributed by atoms with E-state index in [9.17, 15) is 9.90 Å². The number of anilines is 1. The number of carboxylic acid groups (broad SMARTS) is 1. The van der Waals surface area contributed by atoms with Gasteiger partial charge in [0, 0.05) is 10.9 Å². The van der Waals surface area contributed by atoms with Crippen molar-refractivity contribution in [3.63, 3.8) is 0 Å². The molecule has 3 nitrogen and oxygen atoms in total. The highest BCUT2D eigenvalue weighted by molar-refractivity contribution is 6.33. The second-order valence-electron chi connectivity index (χ2n) is 6.22. The molecule has 2 aliphatic rings. The van der Waals surface area contributed by atoms with E-state index in [1.54, 1.807) is 12.1 Å². The number of carboxylic acids is 1. The number of carbonyl (C=O) groups is 1. The summed E-state index contributed by atoms with van der Waals surface area (Å²) in [5.41, 5.74) is 2.90. The molecular formula is C19H15Cl2NO2. The monoisotopic (exact) mass is 359 g/mol. The van der Waals surface area contributed by atoms with E-state index in [1.165, 1.54) is 0 Å². The zero-order valence-electron chi connectivity index (χ0n) is 12.7. The summed E-state index contributed by atoms with van der Waals surface area (Å²) in [6.07, 6.45) is 5.11. The molecular weight excluding hydrogens is 345 g/mol. The molecule has 2 N–H and O–H groups in total. The summed E-state index contributed by atoms with van der Waals surface area (Å²) in [4.78, 5) is 11.7. The molecule has 5 heteroatoms. The Labute approximate surface area is 149 Å². The predicted octanol–water partition coefficient (Wildman–Crippen LogP) is 5.52. The molecule has 0 radical (unpaired) electrons. The summed E-state index contributed by atoms with van der Waals surface area (Å²) in [6.45, 7) is 0. The molecule has 0 saturated carbocycles. The number of halogens is 2. The second-order valence-corrected chi connectivity index (χ2v) is 7.06. The van der Waals surface area contributed by atoms with E-state index in [-0.39, 0.29) is 17.9 Å². The molecule has 1 aliphatic carbocycles. The largest absolute Gasteiger partial charge is 0.478 e. The normalized spacial score (nSPS) is 24.2. The lowest BCUT2D eigenvalue weighted by Gasteiger charge is -2.38. The fraction of sp³-hybridized carbons (Fsp3) is 0.211. The number of nitrogens with one attached hydrogen (secondary N) is 1. The van der Waals surface area contributed by atoms with Crippen molar-refractivity contribution in [3.05, 3.63) is 75.3 Å². The minimum Gasteiger partial charge on any atom is -0.478 e. The third kappa shape index (κ3) is 2.40. The van der Waals surface area contributed by atoms with E-state index in [0.29, 0.717) is 21.3 Å². The smallest absolute Gasteiger partial charge is 0.336 e. The number of allylic oxidation sites excluding steroid dienone is 2. The summed E-state index contributed by atoms with van der Waals surface area (Å²) in [5, 5.41) is 14.3. The van der Waals surface area contributed by atoms with Crippen LogP contribution in [0.25, 0.3) is 0 Å². The topological polar surface area (TPSA) is 49.3 Å². The van der Waals surface area contributed by atoms with Gasteiger partial charge in [-0.25, -0.2) is 4.79 Å². The number of rotatable bonds is 2. The van der Waals surface area contributed by atoms with Crippen molar-refractivity contribution in [2.75, 3.05) is 5.32 Å². The van der Waals surface area contributed by atoms with Gasteiger partial charge in [0.1, 0.15) is 0 Å². The fourth-order valence-electron chi connectivity index (χ4n) is 3.89. The average Bonchev–Trinajstić information content (AvgIpc) is 3.04. The molecule has 3 atom stereocenters. The Morgan fingerprint density at radius 1 is 1.21 bits per heavy atom. The van der Waals surface area contributed by atoms with E-state index in [4.69, 9.17) is 23.2 Å². The molecule has 0 spiro atoms. The fourth-order valence-corrected chi connectivity index (χ4v) is 4.31. The molecule has 0 fully saturated rings. The van der Waals surface area contributed by atoms with Crippen LogP contribution in [0.5, 0.6) is 0 Å². The van der Waals surface area contributed by atoms with Crippen molar-refractivity contribution < 1.29 is 9.90 Å². The highest BCUT2D eigenvalue weighted by Gasteiger charge is 2.40. The number of benzene rings is 2. The molecule has 0 saturated heterocycles. The standard InChI is InChI=1S/C19H15Cl2NO2/c20-11-4-1-3-10(9-11)17-13-6-2-5-12(13)16-14(19(23)24)7-8-15(21)18(16)22-17/h1-5,7-9,12-13,17,22H,6H2,(H,23,24)/t12?,13?,17-/m1/s1. The Balaban J connectivity index is 1.88. The van der Waals surface area contributed by atoms with Crippen LogP contribution in [0.15, 0.2) is 48.6 Å². The first-order valence-electron chi connectivity index (χ1n) is 7.80. The molecule has 1 heterocycles. The van der Waals surface area contributed by atoms with Gasteiger partial charge in [-0.05, 0) is 47.7 Å². The second kappa shape index (κ2) is 5.83. The molecule has 122 valence electrons. The predicted molar refractivity (Wildman–Crippen MR) is 96.2 cm³/mol. The molecule has 2 aromatic rings. The molecule has 2 unspecified atom stereocenters. The zero-order valence-corrected chi connectivity index (χ0v) is 14.2. The summed E-state index contributed by atoms with van der Waals surface area (Å²) in [6, 6.07) is 11.0. The molecule has 0 amide bonds. The Morgan fingerprint density at radius 3 is 2.79 bits per heavy atom. The van der Waals surface area contributed by atoms with Crippen LogP contribution < -0.4 is 5.32 Å². The molecule has 4 rings (SSSR count). The third-order valence-corrected chi connectivity index (χ3v) is 5.46. The van der Waals surface area contributed by atoms with E-state index in [2.05, 4.69) is 17.5 Å². The maximum atomic E-state index is 11.7. The van der Waals surface area contributed by atoms with Crippen LogP contribution in [0.3, 0.4) is 0 Å². The molecule has 0 bridgehead atoms. The van der Waals surface area contributed by atoms with Gasteiger partial charge in [-0.1, -0.05) is 47.5 Å². The number of hydrogen-bond acceptors (Lipinski definition) is 2. The van der Waals surface area contributed by atoms with Gasteiger partial charge in [-0.15, -0.1) is 0 Å². The van der Waals surface area contributed by atoms with Crippen LogP contribution >= 0.6 is 23.2 Å². The van der Waals surface area contributed by atoms with Crippen LogP contribution in [0, 0.1) is 5.92 Å². The van der Waals surface area contributed by atoms with Gasteiger partial charge < -0.3 is 10.4 Å². The van der Waals surface area contributed by atoms with Crippen LogP contribution in [0.2, 0.25) is 10.0 Å². The SMILES string of the molecule is O=C(O)c1ccc(Cl)c2c1C1C=CCC1[C@@H](c1cccc(Cl)c1)N2. The van der Waals surface area contributed by atoms with Gasteiger partial charge in [0.05, 0.1) is 22.3 Å². The quantitative estimate of drug-likeness (QED) is 0.694. The first-order chi connectivity index (χ1) is 11.6. The lowest BCUT2D eigenvalue weighted by molar-refractivity contribution is 0.0695. The van der Waals surface area contributed by atoms with Crippen molar-refractivity contribution in [1.29, 1.82) is 0 Å². The highest BCUT2D eigenvalue weighted by Crippen LogP contribution is 2.52. The van der Waals surface area contributed by atoms with E-state index >= 15 is 0 Å². The number of aromatic carboxylic acids is 1. The van der Waals surface area contributed by atoms with Gasteiger partial charge in [0.25, 0.3) is 0 Å². The summed E-state index contributed by atoms with van der Waals surface area (Å²) in [5.74, 6) is -0.646. The molecule has 1 aliphatic heterocycles. The van der Waals surface area contributed by atoms with Crippen LogP contribution in [-0.2, 0) is 0 Å². The summed E-state index contributed by atoms with van der Waals surface area (Å²) in [7, 11) is 0. The number of fused-ring (bicyclic) bond motifs is 3. The van der Waals surface area contributed by atoms with E-state index in [0.717, 1.165) is 17.5 Å². The lowest BCUT2D eigenvalue weighted by Crippen LogP contribution is -2.30. The molecule has 24 heavy (non-hydrogen) atoms. The highest BCUT2D eigenvalue weighted by atomic mass is 35.5. The van der Waals surface area contributed by atoms with Gasteiger partial charge in [0.15, 0.2) is 0 Å². The van der Waals surface area contributed by atoms with Crippen LogP contribution in [0.4, 0.5) is 5.69 Å². The van der Waals surface area contributed by atoms with Crippen molar-refractivity contribution >= 4 is 34.9 Å². The van der Waals surface area contributed by atoms with Crippen molar-refractivity contribution in [1.82, 2.24) is 0 Å². The minimum atomic E-state index is -0.926. The van der Waals surface area contributed by atoms with Crippen molar-refractivity contribution in [3.8, 4) is 0 Å². The zero-order chi connectivity index (χ0) is 16.8. The van der Waals surface area contributed by atoms with E-state index in [1.807, 2.05) is 24.3 Å². The first kappa shape index (κ1) is 15.6. The summed E-state index contributed by atoms with van der Waals surface area (Å²) >= 11 is 12.5.